The summed E-state index contributed by atoms with van der Waals surface area (Å²) >= 11 is 5.61. The molecule has 102 valence electrons. The van der Waals surface area contributed by atoms with Gasteiger partial charge >= 0.3 is 6.01 Å². The Morgan fingerprint density at radius 3 is 2.78 bits per heavy atom. The van der Waals surface area contributed by atoms with Crippen LogP contribution in [0.15, 0.2) is 4.42 Å². The molecule has 0 spiro atoms. The quantitative estimate of drug-likeness (QED) is 0.803. The van der Waals surface area contributed by atoms with Crippen LogP contribution in [0.3, 0.4) is 0 Å². The summed E-state index contributed by atoms with van der Waals surface area (Å²) < 4.78 is 10.7. The molecule has 6 nitrogen and oxygen atoms in total. The topological polar surface area (TPSA) is 71.6 Å². The second-order valence-electron chi connectivity index (χ2n) is 4.61. The Balaban J connectivity index is 1.95. The van der Waals surface area contributed by atoms with E-state index < -0.39 is 5.60 Å². The summed E-state index contributed by atoms with van der Waals surface area (Å²) in [7, 11) is 1.82. The van der Waals surface area contributed by atoms with Crippen LogP contribution in [0.1, 0.15) is 18.7 Å². The van der Waals surface area contributed by atoms with Gasteiger partial charge in [-0.1, -0.05) is 5.10 Å². The van der Waals surface area contributed by atoms with Crippen molar-refractivity contribution in [2.75, 3.05) is 37.6 Å². The fourth-order valence-electron chi connectivity index (χ4n) is 2.00. The van der Waals surface area contributed by atoms with Crippen molar-refractivity contribution in [3.8, 4) is 0 Å². The van der Waals surface area contributed by atoms with Crippen LogP contribution in [0.5, 0.6) is 0 Å². The van der Waals surface area contributed by atoms with Crippen LogP contribution < -0.4 is 4.90 Å². The van der Waals surface area contributed by atoms with E-state index in [0.29, 0.717) is 56.8 Å². The van der Waals surface area contributed by atoms with Crippen LogP contribution in [0.4, 0.5) is 6.01 Å². The Labute approximate surface area is 111 Å². The molecule has 0 aliphatic carbocycles. The van der Waals surface area contributed by atoms with Gasteiger partial charge in [0.15, 0.2) is 0 Å². The molecule has 18 heavy (non-hydrogen) atoms. The minimum absolute atomic E-state index is 0.412. The summed E-state index contributed by atoms with van der Waals surface area (Å²) in [4.78, 5) is 1.77. The first-order chi connectivity index (χ1) is 8.63. The Morgan fingerprint density at radius 2 is 2.11 bits per heavy atom. The number of hydrogen-bond acceptors (Lipinski definition) is 6. The van der Waals surface area contributed by atoms with Crippen molar-refractivity contribution in [2.45, 2.75) is 24.9 Å². The first-order valence-corrected chi connectivity index (χ1v) is 6.56. The van der Waals surface area contributed by atoms with Crippen molar-refractivity contribution in [3.05, 3.63) is 5.89 Å². The van der Waals surface area contributed by atoms with Crippen LogP contribution in [-0.4, -0.2) is 53.6 Å². The van der Waals surface area contributed by atoms with Crippen LogP contribution >= 0.6 is 11.6 Å². The van der Waals surface area contributed by atoms with E-state index in [0.717, 1.165) is 0 Å². The number of nitrogens with zero attached hydrogens (tertiary/aromatic N) is 3. The van der Waals surface area contributed by atoms with Gasteiger partial charge in [-0.2, -0.15) is 0 Å². The molecule has 2 heterocycles. The van der Waals surface area contributed by atoms with E-state index in [1.54, 1.807) is 4.90 Å². The molecule has 0 unspecified atom stereocenters. The summed E-state index contributed by atoms with van der Waals surface area (Å²) in [5.41, 5.74) is -0.742. The first kappa shape index (κ1) is 13.6. The molecule has 1 aliphatic heterocycles. The SMILES string of the molecule is CN(CC1(O)CCOCC1)c1nnc(CCCl)o1. The summed E-state index contributed by atoms with van der Waals surface area (Å²) in [6.45, 7) is 1.64. The molecule has 0 aromatic carbocycles. The number of ether oxygens (including phenoxy) is 1. The van der Waals surface area contributed by atoms with E-state index in [1.807, 2.05) is 7.05 Å². The van der Waals surface area contributed by atoms with Crippen molar-refractivity contribution in [1.82, 2.24) is 10.2 Å². The highest BCUT2D eigenvalue weighted by Gasteiger charge is 2.32. The Morgan fingerprint density at radius 1 is 1.39 bits per heavy atom. The minimum atomic E-state index is -0.742. The molecular formula is C11H18ClN3O3. The third-order valence-electron chi connectivity index (χ3n) is 3.05. The minimum Gasteiger partial charge on any atom is -0.408 e. The zero-order valence-electron chi connectivity index (χ0n) is 10.4. The number of anilines is 1. The molecule has 0 bridgehead atoms. The van der Waals surface area contributed by atoms with E-state index in [1.165, 1.54) is 0 Å². The van der Waals surface area contributed by atoms with Gasteiger partial charge in [-0.05, 0) is 0 Å². The van der Waals surface area contributed by atoms with Gasteiger partial charge in [0, 0.05) is 45.4 Å². The second-order valence-corrected chi connectivity index (χ2v) is 4.99. The lowest BCUT2D eigenvalue weighted by Crippen LogP contribution is -2.45. The number of aliphatic hydroxyl groups is 1. The molecule has 0 amide bonds. The van der Waals surface area contributed by atoms with E-state index in [-0.39, 0.29) is 0 Å². The number of halogens is 1. The molecule has 0 atom stereocenters. The van der Waals surface area contributed by atoms with Gasteiger partial charge in [0.1, 0.15) is 0 Å². The van der Waals surface area contributed by atoms with Crippen LogP contribution in [-0.2, 0) is 11.2 Å². The van der Waals surface area contributed by atoms with Crippen molar-refractivity contribution < 1.29 is 14.3 Å². The summed E-state index contributed by atoms with van der Waals surface area (Å²) in [6, 6.07) is 0.412. The number of hydrogen-bond donors (Lipinski definition) is 1. The average Bonchev–Trinajstić information content (AvgIpc) is 2.78. The van der Waals surface area contributed by atoms with Crippen LogP contribution in [0.2, 0.25) is 0 Å². The first-order valence-electron chi connectivity index (χ1n) is 6.02. The van der Waals surface area contributed by atoms with Gasteiger partial charge in [0.25, 0.3) is 0 Å². The highest BCUT2D eigenvalue weighted by molar-refractivity contribution is 6.17. The highest BCUT2D eigenvalue weighted by Crippen LogP contribution is 2.23. The third-order valence-corrected chi connectivity index (χ3v) is 3.24. The maximum absolute atomic E-state index is 10.4. The Hall–Kier alpha value is -0.850. The fraction of sp³-hybridized carbons (Fsp3) is 0.818. The molecule has 0 radical (unpaired) electrons. The van der Waals surface area contributed by atoms with Gasteiger partial charge in [0.2, 0.25) is 5.89 Å². The van der Waals surface area contributed by atoms with E-state index >= 15 is 0 Å². The Kier molecular flexibility index (Phi) is 4.42. The van der Waals surface area contributed by atoms with E-state index in [2.05, 4.69) is 10.2 Å². The van der Waals surface area contributed by atoms with Crippen LogP contribution in [0, 0.1) is 0 Å². The van der Waals surface area contributed by atoms with Crippen molar-refractivity contribution >= 4 is 17.6 Å². The smallest absolute Gasteiger partial charge is 0.317 e. The van der Waals surface area contributed by atoms with Crippen molar-refractivity contribution in [2.24, 2.45) is 0 Å². The summed E-state index contributed by atoms with van der Waals surface area (Å²) in [6.07, 6.45) is 1.81. The number of rotatable bonds is 5. The lowest BCUT2D eigenvalue weighted by atomic mass is 9.94. The third kappa shape index (κ3) is 3.34. The van der Waals surface area contributed by atoms with Gasteiger partial charge < -0.3 is 19.2 Å². The molecule has 1 N–H and O–H groups in total. The second kappa shape index (κ2) is 5.86. The van der Waals surface area contributed by atoms with Gasteiger partial charge in [-0.25, -0.2) is 0 Å². The average molecular weight is 276 g/mol. The predicted molar refractivity (Wildman–Crippen MR) is 67.0 cm³/mol. The molecule has 7 heteroatoms. The van der Waals surface area contributed by atoms with Crippen molar-refractivity contribution in [3.63, 3.8) is 0 Å². The maximum Gasteiger partial charge on any atom is 0.317 e. The zero-order valence-corrected chi connectivity index (χ0v) is 11.2. The number of alkyl halides is 1. The fourth-order valence-corrected chi connectivity index (χ4v) is 2.16. The lowest BCUT2D eigenvalue weighted by molar-refractivity contribution is -0.0576. The van der Waals surface area contributed by atoms with Gasteiger partial charge in [0.05, 0.1) is 12.1 Å². The highest BCUT2D eigenvalue weighted by atomic mass is 35.5. The van der Waals surface area contributed by atoms with E-state index in [9.17, 15) is 5.11 Å². The molecule has 0 saturated carbocycles. The standard InChI is InChI=1S/C11H18ClN3O3/c1-15(8-11(16)3-6-17-7-4-11)10-14-13-9(18-10)2-5-12/h16H,2-8H2,1H3. The maximum atomic E-state index is 10.4. The number of likely N-dealkylation sites (N-methyl/N-ethyl adjacent to an activating group) is 1. The number of aromatic nitrogens is 2. The largest absolute Gasteiger partial charge is 0.408 e. The van der Waals surface area contributed by atoms with Crippen molar-refractivity contribution in [1.29, 1.82) is 0 Å². The van der Waals surface area contributed by atoms with Gasteiger partial charge in [-0.15, -0.1) is 16.7 Å². The summed E-state index contributed by atoms with van der Waals surface area (Å²) in [5, 5.41) is 18.2. The van der Waals surface area contributed by atoms with Gasteiger partial charge in [-0.3, -0.25) is 0 Å². The van der Waals surface area contributed by atoms with E-state index in [4.69, 9.17) is 20.8 Å². The molecule has 1 aliphatic rings. The Bertz CT molecular complexity index is 379. The molecule has 2 rings (SSSR count). The molecule has 1 aromatic rings. The summed E-state index contributed by atoms with van der Waals surface area (Å²) in [5.74, 6) is 0.970. The van der Waals surface area contributed by atoms with Crippen LogP contribution in [0.25, 0.3) is 0 Å². The zero-order chi connectivity index (χ0) is 13.0. The lowest BCUT2D eigenvalue weighted by Gasteiger charge is -2.34. The molecule has 1 aromatic heterocycles. The molecule has 1 saturated heterocycles. The molecule has 1 fully saturated rings. The number of aryl methyl sites for hydroxylation is 1. The monoisotopic (exact) mass is 275 g/mol. The normalized spacial score (nSPS) is 18.8. The molecular weight excluding hydrogens is 258 g/mol. The predicted octanol–water partition coefficient (Wildman–Crippen LogP) is 0.829.